The van der Waals surface area contributed by atoms with E-state index in [1.807, 2.05) is 6.92 Å². The highest BCUT2D eigenvalue weighted by atomic mass is 14.5. The lowest BCUT2D eigenvalue weighted by Gasteiger charge is -2.18. The van der Waals surface area contributed by atoms with E-state index in [1.165, 1.54) is 24.8 Å². The number of aryl methyl sites for hydroxylation is 1. The smallest absolute Gasteiger partial charge is 0.0621 e. The molecule has 0 N–H and O–H groups in total. The lowest BCUT2D eigenvalue weighted by molar-refractivity contribution is 0.491. The van der Waals surface area contributed by atoms with E-state index in [2.05, 4.69) is 55.2 Å². The van der Waals surface area contributed by atoms with Crippen LogP contribution in [0.3, 0.4) is 0 Å². The lowest BCUT2D eigenvalue weighted by atomic mass is 9.87. The first-order chi connectivity index (χ1) is 12.7. The Hall–Kier alpha value is -1.99. The van der Waals surface area contributed by atoms with Crippen molar-refractivity contribution < 1.29 is 0 Å². The van der Waals surface area contributed by atoms with Gasteiger partial charge in [-0.2, -0.15) is 5.26 Å². The minimum atomic E-state index is 0.651. The molecule has 1 aromatic rings. The van der Waals surface area contributed by atoms with Crippen molar-refractivity contribution in [3.63, 3.8) is 0 Å². The third-order valence-corrected chi connectivity index (χ3v) is 6.26. The zero-order valence-corrected chi connectivity index (χ0v) is 16.3. The highest BCUT2D eigenvalue weighted by Gasteiger charge is 2.41. The van der Waals surface area contributed by atoms with Crippen LogP contribution in [0.2, 0.25) is 0 Å². The summed E-state index contributed by atoms with van der Waals surface area (Å²) in [5.74, 6) is 9.12. The van der Waals surface area contributed by atoms with Gasteiger partial charge in [0.1, 0.15) is 0 Å². The molecule has 136 valence electrons. The Kier molecular flexibility index (Phi) is 6.57. The maximum absolute atomic E-state index is 8.81. The third-order valence-electron chi connectivity index (χ3n) is 6.26. The number of hydrogen-bond acceptors (Lipinski definition) is 1. The molecule has 2 aliphatic rings. The third kappa shape index (κ3) is 4.22. The Balaban J connectivity index is 1.67. The number of benzene rings is 1. The molecule has 0 amide bonds. The molecule has 2 unspecified atom stereocenters. The Morgan fingerprint density at radius 3 is 3.00 bits per heavy atom. The second-order valence-electron chi connectivity index (χ2n) is 8.13. The maximum Gasteiger partial charge on any atom is 0.0621 e. The van der Waals surface area contributed by atoms with E-state index in [0.717, 1.165) is 37.5 Å². The van der Waals surface area contributed by atoms with Crippen molar-refractivity contribution in [3.05, 3.63) is 47.0 Å². The predicted molar refractivity (Wildman–Crippen MR) is 109 cm³/mol. The Morgan fingerprint density at radius 2 is 2.19 bits per heavy atom. The molecule has 0 bridgehead atoms. The molecule has 0 aliphatic heterocycles. The van der Waals surface area contributed by atoms with Crippen molar-refractivity contribution >= 4 is 0 Å². The minimum Gasteiger partial charge on any atom is -0.198 e. The van der Waals surface area contributed by atoms with Crippen molar-refractivity contribution in [2.45, 2.75) is 71.1 Å². The van der Waals surface area contributed by atoms with Gasteiger partial charge < -0.3 is 0 Å². The van der Waals surface area contributed by atoms with Gasteiger partial charge in [-0.05, 0) is 85.8 Å². The molecule has 0 aromatic heterocycles. The lowest BCUT2D eigenvalue weighted by Crippen LogP contribution is -2.06. The van der Waals surface area contributed by atoms with Crippen LogP contribution in [0.4, 0.5) is 0 Å². The Morgan fingerprint density at radius 1 is 1.31 bits per heavy atom. The van der Waals surface area contributed by atoms with Gasteiger partial charge >= 0.3 is 0 Å². The van der Waals surface area contributed by atoms with Gasteiger partial charge in [-0.1, -0.05) is 37.3 Å². The molecule has 0 heterocycles. The topological polar surface area (TPSA) is 23.8 Å². The van der Waals surface area contributed by atoms with Crippen LogP contribution >= 0.6 is 0 Å². The number of rotatable bonds is 7. The van der Waals surface area contributed by atoms with Crippen LogP contribution in [0.5, 0.6) is 0 Å². The number of unbranched alkanes of at least 4 members (excludes halogenated alkanes) is 1. The van der Waals surface area contributed by atoms with Crippen molar-refractivity contribution in [1.82, 2.24) is 0 Å². The highest BCUT2D eigenvalue weighted by Crippen LogP contribution is 2.52. The van der Waals surface area contributed by atoms with Gasteiger partial charge in [0.15, 0.2) is 0 Å². The summed E-state index contributed by atoms with van der Waals surface area (Å²) in [4.78, 5) is 0. The van der Waals surface area contributed by atoms with Gasteiger partial charge in [-0.25, -0.2) is 0 Å². The van der Waals surface area contributed by atoms with Crippen molar-refractivity contribution in [1.29, 1.82) is 5.26 Å². The van der Waals surface area contributed by atoms with Crippen LogP contribution in [0.25, 0.3) is 0 Å². The van der Waals surface area contributed by atoms with Gasteiger partial charge in [0.05, 0.1) is 6.07 Å². The van der Waals surface area contributed by atoms with E-state index in [0.29, 0.717) is 18.3 Å². The quantitative estimate of drug-likeness (QED) is 0.328. The largest absolute Gasteiger partial charge is 0.198 e. The summed E-state index contributed by atoms with van der Waals surface area (Å²) >= 11 is 0. The van der Waals surface area contributed by atoms with Crippen LogP contribution in [0.15, 0.2) is 30.4 Å². The van der Waals surface area contributed by atoms with Gasteiger partial charge in [0.25, 0.3) is 0 Å². The molecule has 2 aliphatic carbocycles. The minimum absolute atomic E-state index is 0.651. The van der Waals surface area contributed by atoms with Gasteiger partial charge in [0, 0.05) is 12.8 Å². The van der Waals surface area contributed by atoms with Gasteiger partial charge in [-0.3, -0.25) is 0 Å². The van der Waals surface area contributed by atoms with Crippen molar-refractivity contribution in [2.75, 3.05) is 0 Å². The van der Waals surface area contributed by atoms with Crippen LogP contribution in [-0.4, -0.2) is 0 Å². The first-order valence-corrected chi connectivity index (χ1v) is 10.3. The fourth-order valence-electron chi connectivity index (χ4n) is 4.96. The van der Waals surface area contributed by atoms with E-state index in [1.54, 1.807) is 11.1 Å². The average molecular weight is 346 g/mol. The van der Waals surface area contributed by atoms with E-state index in [-0.39, 0.29) is 0 Å². The SMILES string of the molecule is CC#CCC(C)C/C=C/C1CC[C@@H]2Cc3c(CCCC#N)cccc3[C@H]12. The second-order valence-corrected chi connectivity index (χ2v) is 8.13. The normalized spacial score (nSPS) is 24.6. The van der Waals surface area contributed by atoms with Crippen LogP contribution in [-0.2, 0) is 12.8 Å². The van der Waals surface area contributed by atoms with Gasteiger partial charge in [-0.15, -0.1) is 11.8 Å². The molecule has 1 fully saturated rings. The predicted octanol–water partition coefficient (Wildman–Crippen LogP) is 6.19. The Labute approximate surface area is 159 Å². The van der Waals surface area contributed by atoms with E-state index in [4.69, 9.17) is 5.26 Å². The molecular formula is C25H31N. The fraction of sp³-hybridized carbons (Fsp3) is 0.560. The number of nitrogens with zero attached hydrogens (tertiary/aromatic N) is 1. The fourth-order valence-corrected chi connectivity index (χ4v) is 4.96. The monoisotopic (exact) mass is 345 g/mol. The molecule has 1 heteroatoms. The van der Waals surface area contributed by atoms with Crippen LogP contribution in [0.1, 0.15) is 75.0 Å². The highest BCUT2D eigenvalue weighted by molar-refractivity contribution is 5.44. The molecule has 1 nitrogen and oxygen atoms in total. The van der Waals surface area contributed by atoms with Crippen LogP contribution in [0, 0.1) is 40.9 Å². The summed E-state index contributed by atoms with van der Waals surface area (Å²) in [7, 11) is 0. The van der Waals surface area contributed by atoms with E-state index < -0.39 is 0 Å². The van der Waals surface area contributed by atoms with E-state index >= 15 is 0 Å². The first-order valence-electron chi connectivity index (χ1n) is 10.3. The summed E-state index contributed by atoms with van der Waals surface area (Å²) in [6.07, 6.45) is 13.8. The summed E-state index contributed by atoms with van der Waals surface area (Å²) in [5.41, 5.74) is 4.73. The number of hydrogen-bond donors (Lipinski definition) is 0. The van der Waals surface area contributed by atoms with Crippen molar-refractivity contribution in [3.8, 4) is 17.9 Å². The summed E-state index contributed by atoms with van der Waals surface area (Å²) in [6, 6.07) is 9.19. The number of nitriles is 1. The summed E-state index contributed by atoms with van der Waals surface area (Å²) in [6.45, 7) is 4.22. The van der Waals surface area contributed by atoms with Gasteiger partial charge in [0.2, 0.25) is 0 Å². The number of fused-ring (bicyclic) bond motifs is 3. The van der Waals surface area contributed by atoms with Crippen molar-refractivity contribution in [2.24, 2.45) is 17.8 Å². The van der Waals surface area contributed by atoms with Crippen LogP contribution < -0.4 is 0 Å². The zero-order chi connectivity index (χ0) is 18.4. The Bertz CT molecular complexity index is 740. The summed E-state index contributed by atoms with van der Waals surface area (Å²) in [5, 5.41) is 8.81. The molecule has 0 spiro atoms. The first kappa shape index (κ1) is 18.8. The molecule has 26 heavy (non-hydrogen) atoms. The average Bonchev–Trinajstić information content (AvgIpc) is 3.20. The molecule has 1 aromatic carbocycles. The molecule has 4 atom stereocenters. The molecular weight excluding hydrogens is 314 g/mol. The molecule has 1 saturated carbocycles. The maximum atomic E-state index is 8.81. The molecule has 0 radical (unpaired) electrons. The second kappa shape index (κ2) is 9.09. The van der Waals surface area contributed by atoms with E-state index in [9.17, 15) is 0 Å². The molecule has 0 saturated heterocycles. The molecule has 3 rings (SSSR count). The number of allylic oxidation sites excluding steroid dienone is 2. The summed E-state index contributed by atoms with van der Waals surface area (Å²) < 4.78 is 0. The zero-order valence-electron chi connectivity index (χ0n) is 16.3. The standard InChI is InChI=1S/C25H31N/c1-3-4-9-19(2)10-7-13-21-15-16-22-18-24-20(11-5-6-17-26)12-8-14-23(24)25(21)22/h7-8,12-14,19,21-22,25H,5-6,9-11,15-16,18H2,1-2H3/b13-7+/t19?,21?,22-,25-/m1/s1.